The summed E-state index contributed by atoms with van der Waals surface area (Å²) in [5, 5.41) is 24.9. The fourth-order valence-electron chi connectivity index (χ4n) is 7.32. The van der Waals surface area contributed by atoms with Gasteiger partial charge in [0.25, 0.3) is 0 Å². The SMILES string of the molecule is N#Cc1cccc(-c2cc3c(cc2-c2ccc4c(c2)c2ccccc2n4-c2ccccc2)c2ccccc2n3-c2ccccc2)c1C#N. The predicted octanol–water partition coefficient (Wildman–Crippen LogP) is 11.0. The van der Waals surface area contributed by atoms with Crippen molar-refractivity contribution >= 4 is 43.6 Å². The molecule has 9 aromatic rings. The van der Waals surface area contributed by atoms with E-state index in [1.54, 1.807) is 6.07 Å². The summed E-state index contributed by atoms with van der Waals surface area (Å²) in [4.78, 5) is 0. The van der Waals surface area contributed by atoms with Crippen LogP contribution < -0.4 is 0 Å². The van der Waals surface area contributed by atoms with E-state index >= 15 is 0 Å². The smallest absolute Gasteiger partial charge is 0.101 e. The molecule has 0 unspecified atom stereocenters. The summed E-state index contributed by atoms with van der Waals surface area (Å²) in [6.45, 7) is 0. The Kier molecular flexibility index (Phi) is 6.22. The van der Waals surface area contributed by atoms with Crippen LogP contribution in [0.1, 0.15) is 11.1 Å². The van der Waals surface area contributed by atoms with E-state index in [1.165, 1.54) is 5.39 Å². The van der Waals surface area contributed by atoms with Crippen molar-refractivity contribution in [3.05, 3.63) is 169 Å². The normalized spacial score (nSPS) is 11.3. The van der Waals surface area contributed by atoms with Gasteiger partial charge in [-0.15, -0.1) is 0 Å². The lowest BCUT2D eigenvalue weighted by atomic mass is 9.88. The molecule has 222 valence electrons. The molecule has 4 heteroatoms. The van der Waals surface area contributed by atoms with Crippen molar-refractivity contribution in [2.75, 3.05) is 0 Å². The maximum atomic E-state index is 10.4. The Hall–Kier alpha value is -6.88. The zero-order chi connectivity index (χ0) is 32.2. The van der Waals surface area contributed by atoms with Gasteiger partial charge in [-0.05, 0) is 83.4 Å². The number of aromatic nitrogens is 2. The number of hydrogen-bond acceptors (Lipinski definition) is 2. The molecule has 0 aliphatic rings. The molecule has 0 amide bonds. The van der Waals surface area contributed by atoms with Gasteiger partial charge in [0.05, 0.1) is 33.2 Å². The van der Waals surface area contributed by atoms with E-state index in [4.69, 9.17) is 0 Å². The lowest BCUT2D eigenvalue weighted by Crippen LogP contribution is -1.96. The Morgan fingerprint density at radius 3 is 1.56 bits per heavy atom. The second kappa shape index (κ2) is 10.9. The molecule has 0 bridgehead atoms. The monoisotopic (exact) mass is 610 g/mol. The van der Waals surface area contributed by atoms with E-state index in [2.05, 4.69) is 149 Å². The standard InChI is InChI=1S/C44H26N4/c45-27-30-12-11-19-33(40(30)28-46)37-26-44-39(35-18-8-10-21-42(35)48(44)32-15-5-2-6-16-32)25-36(37)29-22-23-43-38(24-29)34-17-7-9-20-41(34)47(43)31-13-3-1-4-14-31/h1-26H. The first-order valence-corrected chi connectivity index (χ1v) is 15.9. The summed E-state index contributed by atoms with van der Waals surface area (Å²) in [7, 11) is 0. The number of nitrogens with zero attached hydrogens (tertiary/aromatic N) is 4. The number of hydrogen-bond donors (Lipinski definition) is 0. The van der Waals surface area contributed by atoms with Crippen LogP contribution in [-0.2, 0) is 0 Å². The zero-order valence-corrected chi connectivity index (χ0v) is 25.8. The molecule has 4 nitrogen and oxygen atoms in total. The number of nitriles is 2. The van der Waals surface area contributed by atoms with Gasteiger partial charge in [-0.25, -0.2) is 0 Å². The third-order valence-electron chi connectivity index (χ3n) is 9.41. The van der Waals surface area contributed by atoms with Crippen LogP contribution >= 0.6 is 0 Å². The van der Waals surface area contributed by atoms with Crippen molar-refractivity contribution in [1.82, 2.24) is 9.13 Å². The first-order valence-electron chi connectivity index (χ1n) is 15.9. The van der Waals surface area contributed by atoms with E-state index in [9.17, 15) is 10.5 Å². The molecule has 0 radical (unpaired) electrons. The number of benzene rings is 7. The summed E-state index contributed by atoms with van der Waals surface area (Å²) in [6, 6.07) is 59.1. The summed E-state index contributed by atoms with van der Waals surface area (Å²) in [6.07, 6.45) is 0. The molecular weight excluding hydrogens is 585 g/mol. The minimum Gasteiger partial charge on any atom is -0.309 e. The molecule has 0 spiro atoms. The molecule has 0 fully saturated rings. The van der Waals surface area contributed by atoms with Gasteiger partial charge in [0.15, 0.2) is 0 Å². The largest absolute Gasteiger partial charge is 0.309 e. The van der Waals surface area contributed by atoms with Crippen LogP contribution in [-0.4, -0.2) is 9.13 Å². The van der Waals surface area contributed by atoms with Crippen LogP contribution in [0.4, 0.5) is 0 Å². The van der Waals surface area contributed by atoms with Gasteiger partial charge < -0.3 is 9.13 Å². The third-order valence-corrected chi connectivity index (χ3v) is 9.41. The number of fused-ring (bicyclic) bond motifs is 6. The number of rotatable bonds is 4. The second-order valence-electron chi connectivity index (χ2n) is 12.0. The van der Waals surface area contributed by atoms with Gasteiger partial charge in [-0.1, -0.05) is 91.0 Å². The first-order chi connectivity index (χ1) is 23.7. The van der Waals surface area contributed by atoms with Crippen molar-refractivity contribution in [1.29, 1.82) is 10.5 Å². The van der Waals surface area contributed by atoms with E-state index in [-0.39, 0.29) is 0 Å². The highest BCUT2D eigenvalue weighted by molar-refractivity contribution is 6.14. The van der Waals surface area contributed by atoms with Crippen LogP contribution in [0, 0.1) is 22.7 Å². The maximum absolute atomic E-state index is 10.4. The van der Waals surface area contributed by atoms with Crippen molar-refractivity contribution in [3.8, 4) is 45.8 Å². The Balaban J connectivity index is 1.40. The molecule has 0 N–H and O–H groups in total. The van der Waals surface area contributed by atoms with E-state index < -0.39 is 0 Å². The molecule has 2 aromatic heterocycles. The van der Waals surface area contributed by atoms with Crippen molar-refractivity contribution in [2.45, 2.75) is 0 Å². The highest BCUT2D eigenvalue weighted by Crippen LogP contribution is 2.43. The molecule has 0 saturated heterocycles. The Morgan fingerprint density at radius 1 is 0.375 bits per heavy atom. The van der Waals surface area contributed by atoms with Gasteiger partial charge in [-0.3, -0.25) is 0 Å². The minimum atomic E-state index is 0.367. The average Bonchev–Trinajstić information content (AvgIpc) is 3.66. The third kappa shape index (κ3) is 4.07. The van der Waals surface area contributed by atoms with Gasteiger partial charge in [-0.2, -0.15) is 10.5 Å². The summed E-state index contributed by atoms with van der Waals surface area (Å²) >= 11 is 0. The Labute approximate surface area is 277 Å². The Morgan fingerprint density at radius 2 is 0.938 bits per heavy atom. The van der Waals surface area contributed by atoms with Crippen LogP contribution in [0.2, 0.25) is 0 Å². The Bertz CT molecular complexity index is 2790. The van der Waals surface area contributed by atoms with Crippen LogP contribution in [0.25, 0.3) is 77.2 Å². The second-order valence-corrected chi connectivity index (χ2v) is 12.0. The molecular formula is C44H26N4. The highest BCUT2D eigenvalue weighted by Gasteiger charge is 2.21. The quantitative estimate of drug-likeness (QED) is 0.199. The summed E-state index contributed by atoms with van der Waals surface area (Å²) < 4.78 is 4.60. The van der Waals surface area contributed by atoms with Crippen molar-refractivity contribution in [3.63, 3.8) is 0 Å². The first kappa shape index (κ1) is 27.4. The lowest BCUT2D eigenvalue weighted by Gasteiger charge is -2.15. The van der Waals surface area contributed by atoms with Crippen LogP contribution in [0.15, 0.2) is 158 Å². The van der Waals surface area contributed by atoms with Crippen LogP contribution in [0.5, 0.6) is 0 Å². The molecule has 0 aliphatic heterocycles. The molecule has 0 aliphatic carbocycles. The van der Waals surface area contributed by atoms with E-state index in [1.807, 2.05) is 24.3 Å². The van der Waals surface area contributed by atoms with E-state index in [0.29, 0.717) is 11.1 Å². The minimum absolute atomic E-state index is 0.367. The molecule has 0 atom stereocenters. The summed E-state index contributed by atoms with van der Waals surface area (Å²) in [5.41, 5.74) is 11.0. The van der Waals surface area contributed by atoms with Crippen molar-refractivity contribution in [2.24, 2.45) is 0 Å². The van der Waals surface area contributed by atoms with Crippen molar-refractivity contribution < 1.29 is 0 Å². The predicted molar refractivity (Wildman–Crippen MR) is 195 cm³/mol. The molecule has 2 heterocycles. The topological polar surface area (TPSA) is 57.4 Å². The fraction of sp³-hybridized carbons (Fsp3) is 0. The molecule has 48 heavy (non-hydrogen) atoms. The van der Waals surface area contributed by atoms with Crippen LogP contribution in [0.3, 0.4) is 0 Å². The van der Waals surface area contributed by atoms with Gasteiger partial charge in [0.2, 0.25) is 0 Å². The highest BCUT2D eigenvalue weighted by atomic mass is 15.0. The summed E-state index contributed by atoms with van der Waals surface area (Å²) in [5.74, 6) is 0. The average molecular weight is 611 g/mol. The zero-order valence-electron chi connectivity index (χ0n) is 25.8. The van der Waals surface area contributed by atoms with Gasteiger partial charge >= 0.3 is 0 Å². The number of para-hydroxylation sites is 4. The van der Waals surface area contributed by atoms with E-state index in [0.717, 1.165) is 71.9 Å². The molecule has 9 rings (SSSR count). The lowest BCUT2D eigenvalue weighted by molar-refractivity contribution is 1.18. The fourth-order valence-corrected chi connectivity index (χ4v) is 7.32. The molecule has 0 saturated carbocycles. The molecule has 7 aromatic carbocycles. The maximum Gasteiger partial charge on any atom is 0.101 e. The van der Waals surface area contributed by atoms with Gasteiger partial charge in [0.1, 0.15) is 12.1 Å². The van der Waals surface area contributed by atoms with Gasteiger partial charge in [0, 0.05) is 38.5 Å².